The number of sulfonamides is 2. The first kappa shape index (κ1) is 28.8. The molecule has 1 amide bonds. The Labute approximate surface area is 237 Å². The standard InChI is InChI=1S/C25H30N8O6S2/c1-3-39-22-14-27-13-20(30-22)16-4-7-19(29-12-16)18-15-33(40(2,35)36)11-9-25(18,23(26)34)24-28-10-8-21(31-24)32-41(37,38)17-5-6-17/h4,7-8,10,12-14,17-18H,3,5-6,9,11,15H2,1-2H3,(H2,26,34)(H,28,31,32). The highest BCUT2D eigenvalue weighted by Gasteiger charge is 2.54. The molecule has 0 bridgehead atoms. The lowest BCUT2D eigenvalue weighted by Crippen LogP contribution is -2.57. The van der Waals surface area contributed by atoms with Crippen LogP contribution in [0.2, 0.25) is 0 Å². The SMILES string of the molecule is CCOc1cncc(-c2ccc(C3CN(S(C)(=O)=O)CCC3(C(N)=O)c3nccc(NS(=O)(=O)C4CC4)n3)nc2)n1. The molecule has 0 spiro atoms. The summed E-state index contributed by atoms with van der Waals surface area (Å²) < 4.78 is 59.3. The van der Waals surface area contributed by atoms with E-state index in [9.17, 15) is 21.6 Å². The summed E-state index contributed by atoms with van der Waals surface area (Å²) in [5.74, 6) is -1.32. The van der Waals surface area contributed by atoms with E-state index in [1.165, 1.54) is 22.8 Å². The highest BCUT2D eigenvalue weighted by molar-refractivity contribution is 7.93. The van der Waals surface area contributed by atoms with Crippen molar-refractivity contribution in [2.45, 2.75) is 42.8 Å². The molecule has 5 rings (SSSR count). The molecule has 1 aliphatic carbocycles. The molecular weight excluding hydrogens is 572 g/mol. The van der Waals surface area contributed by atoms with E-state index >= 15 is 0 Å². The normalized spacial score (nSPS) is 21.8. The molecule has 3 aromatic rings. The fraction of sp³-hybridized carbons (Fsp3) is 0.440. The molecule has 41 heavy (non-hydrogen) atoms. The lowest BCUT2D eigenvalue weighted by Gasteiger charge is -2.43. The van der Waals surface area contributed by atoms with Crippen molar-refractivity contribution in [1.82, 2.24) is 29.2 Å². The molecule has 2 unspecified atom stereocenters. The number of aromatic nitrogens is 5. The van der Waals surface area contributed by atoms with Crippen LogP contribution in [-0.4, -0.2) is 83.2 Å². The predicted octanol–water partition coefficient (Wildman–Crippen LogP) is 0.804. The molecule has 2 aliphatic rings. The molecule has 218 valence electrons. The molecule has 4 heterocycles. The summed E-state index contributed by atoms with van der Waals surface area (Å²) in [6.45, 7) is 2.13. The number of hydrogen-bond acceptors (Lipinski definition) is 11. The molecule has 16 heteroatoms. The number of piperidine rings is 1. The molecule has 14 nitrogen and oxygen atoms in total. The van der Waals surface area contributed by atoms with Gasteiger partial charge < -0.3 is 10.5 Å². The number of primary amides is 1. The van der Waals surface area contributed by atoms with Crippen LogP contribution in [-0.2, 0) is 30.3 Å². The lowest BCUT2D eigenvalue weighted by atomic mass is 9.67. The Bertz CT molecular complexity index is 1670. The maximum Gasteiger partial charge on any atom is 0.236 e. The van der Waals surface area contributed by atoms with Crippen molar-refractivity contribution in [2.24, 2.45) is 5.73 Å². The highest BCUT2D eigenvalue weighted by Crippen LogP contribution is 2.44. The first-order valence-electron chi connectivity index (χ1n) is 13.0. The number of nitrogens with two attached hydrogens (primary N) is 1. The highest BCUT2D eigenvalue weighted by atomic mass is 32.2. The van der Waals surface area contributed by atoms with Crippen LogP contribution in [0.5, 0.6) is 5.88 Å². The summed E-state index contributed by atoms with van der Waals surface area (Å²) in [6, 6.07) is 4.79. The van der Waals surface area contributed by atoms with Crippen LogP contribution < -0.4 is 15.2 Å². The van der Waals surface area contributed by atoms with E-state index in [0.29, 0.717) is 42.3 Å². The van der Waals surface area contributed by atoms with Crippen molar-refractivity contribution in [3.63, 3.8) is 0 Å². The number of rotatable bonds is 10. The van der Waals surface area contributed by atoms with Crippen molar-refractivity contribution >= 4 is 31.8 Å². The van der Waals surface area contributed by atoms with Gasteiger partial charge in [-0.1, -0.05) is 0 Å². The molecule has 3 N–H and O–H groups in total. The molecule has 2 atom stereocenters. The summed E-state index contributed by atoms with van der Waals surface area (Å²) in [7, 11) is -7.27. The number of nitrogens with one attached hydrogen (secondary N) is 1. The summed E-state index contributed by atoms with van der Waals surface area (Å²) in [6.07, 6.45) is 8.11. The minimum absolute atomic E-state index is 0.00267. The van der Waals surface area contributed by atoms with Gasteiger partial charge in [0.1, 0.15) is 17.1 Å². The van der Waals surface area contributed by atoms with E-state index in [1.807, 2.05) is 6.92 Å². The van der Waals surface area contributed by atoms with Gasteiger partial charge in [-0.2, -0.15) is 0 Å². The van der Waals surface area contributed by atoms with Gasteiger partial charge in [0.15, 0.2) is 0 Å². The Kier molecular flexibility index (Phi) is 7.65. The van der Waals surface area contributed by atoms with Gasteiger partial charge in [0, 0.05) is 42.7 Å². The minimum Gasteiger partial charge on any atom is -0.477 e. The van der Waals surface area contributed by atoms with Crippen LogP contribution in [0.3, 0.4) is 0 Å². The van der Waals surface area contributed by atoms with Crippen LogP contribution in [0.25, 0.3) is 11.3 Å². The van der Waals surface area contributed by atoms with Crippen molar-refractivity contribution in [3.8, 4) is 17.1 Å². The quantitative estimate of drug-likeness (QED) is 0.332. The van der Waals surface area contributed by atoms with Gasteiger partial charge in [-0.15, -0.1) is 0 Å². The monoisotopic (exact) mass is 602 g/mol. The first-order chi connectivity index (χ1) is 19.4. The van der Waals surface area contributed by atoms with Gasteiger partial charge in [0.2, 0.25) is 31.8 Å². The first-order valence-corrected chi connectivity index (χ1v) is 16.3. The van der Waals surface area contributed by atoms with Crippen molar-refractivity contribution in [3.05, 3.63) is 54.5 Å². The number of ether oxygens (including phenoxy) is 1. The van der Waals surface area contributed by atoms with Crippen molar-refractivity contribution in [1.29, 1.82) is 0 Å². The molecule has 0 radical (unpaired) electrons. The van der Waals surface area contributed by atoms with Gasteiger partial charge in [0.25, 0.3) is 0 Å². The van der Waals surface area contributed by atoms with E-state index in [2.05, 4.69) is 29.6 Å². The summed E-state index contributed by atoms with van der Waals surface area (Å²) >= 11 is 0. The Hall–Kier alpha value is -3.76. The summed E-state index contributed by atoms with van der Waals surface area (Å²) in [4.78, 5) is 35.2. The van der Waals surface area contributed by atoms with E-state index < -0.39 is 42.5 Å². The van der Waals surface area contributed by atoms with Gasteiger partial charge in [-0.25, -0.2) is 36.1 Å². The number of anilines is 1. The summed E-state index contributed by atoms with van der Waals surface area (Å²) in [5.41, 5.74) is 5.96. The second-order valence-electron chi connectivity index (χ2n) is 10.0. The van der Waals surface area contributed by atoms with E-state index in [1.54, 1.807) is 24.5 Å². The maximum absolute atomic E-state index is 13.3. The third-order valence-electron chi connectivity index (χ3n) is 7.25. The minimum atomic E-state index is -3.64. The van der Waals surface area contributed by atoms with Crippen LogP contribution in [0.4, 0.5) is 5.82 Å². The number of carbonyl (C=O) groups is 1. The van der Waals surface area contributed by atoms with Crippen LogP contribution in [0.15, 0.2) is 43.0 Å². The van der Waals surface area contributed by atoms with E-state index in [4.69, 9.17) is 10.5 Å². The molecule has 1 saturated heterocycles. The molecule has 3 aromatic heterocycles. The maximum atomic E-state index is 13.3. The molecule has 1 aliphatic heterocycles. The fourth-order valence-corrected chi connectivity index (χ4v) is 7.12. The van der Waals surface area contributed by atoms with Gasteiger partial charge in [-0.05, 0) is 44.4 Å². The number of nitrogens with zero attached hydrogens (tertiary/aromatic N) is 6. The number of amides is 1. The Morgan fingerprint density at radius 2 is 1.90 bits per heavy atom. The lowest BCUT2D eigenvalue weighted by molar-refractivity contribution is -0.126. The average molecular weight is 603 g/mol. The second kappa shape index (κ2) is 10.9. The zero-order valence-electron chi connectivity index (χ0n) is 22.5. The van der Waals surface area contributed by atoms with Gasteiger partial charge in [-0.3, -0.25) is 19.5 Å². The largest absolute Gasteiger partial charge is 0.477 e. The molecule has 2 fully saturated rings. The predicted molar refractivity (Wildman–Crippen MR) is 149 cm³/mol. The summed E-state index contributed by atoms with van der Waals surface area (Å²) in [5, 5.41) is -0.488. The third kappa shape index (κ3) is 5.85. The Balaban J connectivity index is 1.56. The third-order valence-corrected chi connectivity index (χ3v) is 10.4. The van der Waals surface area contributed by atoms with Crippen molar-refractivity contribution in [2.75, 3.05) is 30.7 Å². The number of carbonyl (C=O) groups excluding carboxylic acids is 1. The van der Waals surface area contributed by atoms with Crippen molar-refractivity contribution < 1.29 is 26.4 Å². The number of hydrogen-bond donors (Lipinski definition) is 2. The Morgan fingerprint density at radius 3 is 2.54 bits per heavy atom. The molecule has 1 saturated carbocycles. The Morgan fingerprint density at radius 1 is 1.12 bits per heavy atom. The zero-order chi connectivity index (χ0) is 29.4. The van der Waals surface area contributed by atoms with Gasteiger partial charge >= 0.3 is 0 Å². The smallest absolute Gasteiger partial charge is 0.236 e. The average Bonchev–Trinajstić information content (AvgIpc) is 3.79. The fourth-order valence-electron chi connectivity index (χ4n) is 4.95. The second-order valence-corrected chi connectivity index (χ2v) is 14.0. The topological polar surface area (TPSA) is 200 Å². The molecular formula is C25H30N8O6S2. The van der Waals surface area contributed by atoms with Gasteiger partial charge in [0.05, 0.1) is 36.2 Å². The van der Waals surface area contributed by atoms with E-state index in [-0.39, 0.29) is 31.2 Å². The van der Waals surface area contributed by atoms with Crippen LogP contribution in [0, 0.1) is 0 Å². The van der Waals surface area contributed by atoms with Crippen LogP contribution in [0.1, 0.15) is 43.6 Å². The molecule has 0 aromatic carbocycles. The van der Waals surface area contributed by atoms with E-state index in [0.717, 1.165) is 6.26 Å². The number of pyridine rings is 1. The zero-order valence-corrected chi connectivity index (χ0v) is 24.1. The van der Waals surface area contributed by atoms with Crippen LogP contribution >= 0.6 is 0 Å².